The normalized spacial score (nSPS) is 18.6. The minimum absolute atomic E-state index is 0.0639. The molecule has 1 atom stereocenters. The maximum absolute atomic E-state index is 15.1. The molecule has 0 amide bonds. The molecule has 2 aliphatic rings. The summed E-state index contributed by atoms with van der Waals surface area (Å²) in [6.45, 7) is 1.79. The van der Waals surface area contributed by atoms with Crippen LogP contribution in [0.4, 0.5) is 10.1 Å². The Morgan fingerprint density at radius 3 is 2.50 bits per heavy atom. The first-order valence-electron chi connectivity index (χ1n) is 11.9. The van der Waals surface area contributed by atoms with Gasteiger partial charge in [-0.1, -0.05) is 39.0 Å². The molecule has 0 bridgehead atoms. The molecule has 2 aromatic rings. The van der Waals surface area contributed by atoms with E-state index >= 15 is 4.39 Å². The fourth-order valence-corrected chi connectivity index (χ4v) is 5.07. The Labute approximate surface area is 188 Å². The highest BCUT2D eigenvalue weighted by atomic mass is 19.1. The number of ether oxygens (including phenoxy) is 2. The van der Waals surface area contributed by atoms with E-state index in [4.69, 9.17) is 9.47 Å². The second kappa shape index (κ2) is 9.92. The minimum Gasteiger partial charge on any atom is -0.473 e. The van der Waals surface area contributed by atoms with Crippen LogP contribution in [0.3, 0.4) is 0 Å². The first-order valence-corrected chi connectivity index (χ1v) is 11.9. The van der Waals surface area contributed by atoms with Crippen LogP contribution in [0.2, 0.25) is 0 Å². The second-order valence-electron chi connectivity index (χ2n) is 9.03. The van der Waals surface area contributed by atoms with Crippen LogP contribution in [0.1, 0.15) is 77.2 Å². The van der Waals surface area contributed by atoms with Gasteiger partial charge in [0.2, 0.25) is 5.43 Å². The summed E-state index contributed by atoms with van der Waals surface area (Å²) >= 11 is 0. The van der Waals surface area contributed by atoms with E-state index in [0.29, 0.717) is 17.6 Å². The number of nitrogens with zero attached hydrogens (tertiary/aromatic N) is 1. The van der Waals surface area contributed by atoms with Crippen LogP contribution in [-0.4, -0.2) is 29.8 Å². The summed E-state index contributed by atoms with van der Waals surface area (Å²) in [6, 6.07) is 3.57. The van der Waals surface area contributed by atoms with Gasteiger partial charge in [-0.05, 0) is 44.2 Å². The molecule has 2 saturated carbocycles. The fraction of sp³-hybridized carbons (Fsp3) is 0.600. The van der Waals surface area contributed by atoms with Crippen molar-refractivity contribution in [2.75, 3.05) is 12.4 Å². The van der Waals surface area contributed by atoms with E-state index in [-0.39, 0.29) is 23.2 Å². The lowest BCUT2D eigenvalue weighted by molar-refractivity contribution is -0.148. The number of benzene rings is 1. The molecule has 6 nitrogen and oxygen atoms in total. The number of esters is 1. The van der Waals surface area contributed by atoms with Crippen molar-refractivity contribution in [1.82, 2.24) is 4.57 Å². The van der Waals surface area contributed by atoms with Crippen LogP contribution < -0.4 is 15.5 Å². The Kier molecular flexibility index (Phi) is 7.01. The third kappa shape index (κ3) is 4.62. The number of anilines is 1. The van der Waals surface area contributed by atoms with Gasteiger partial charge in [0.05, 0.1) is 29.9 Å². The molecule has 0 radical (unpaired) electrons. The third-order valence-electron chi connectivity index (χ3n) is 6.88. The maximum atomic E-state index is 15.1. The van der Waals surface area contributed by atoms with Gasteiger partial charge in [-0.2, -0.15) is 0 Å². The van der Waals surface area contributed by atoms with Gasteiger partial charge in [0.1, 0.15) is 5.82 Å². The molecule has 1 unspecified atom stereocenters. The van der Waals surface area contributed by atoms with E-state index in [2.05, 4.69) is 9.88 Å². The molecule has 32 heavy (non-hydrogen) atoms. The molecule has 2 aliphatic carbocycles. The van der Waals surface area contributed by atoms with Crippen molar-refractivity contribution < 1.29 is 18.7 Å². The number of aromatic nitrogens is 1. The van der Waals surface area contributed by atoms with E-state index in [0.717, 1.165) is 51.4 Å². The average Bonchev–Trinajstić information content (AvgIpc) is 3.35. The smallest absolute Gasteiger partial charge is 0.347 e. The van der Waals surface area contributed by atoms with Crippen molar-refractivity contribution in [3.63, 3.8) is 0 Å². The molecule has 1 aromatic heterocycles. The quantitative estimate of drug-likeness (QED) is 0.585. The topological polar surface area (TPSA) is 69.6 Å². The Bertz CT molecular complexity index is 1020. The monoisotopic (exact) mass is 444 g/mol. The molecule has 174 valence electrons. The lowest BCUT2D eigenvalue weighted by Crippen LogP contribution is -2.30. The molecule has 1 N–H and O–H groups in total. The van der Waals surface area contributed by atoms with Crippen LogP contribution in [0.15, 0.2) is 23.1 Å². The lowest BCUT2D eigenvalue weighted by Gasteiger charge is -2.25. The molecular formula is C25H33FN2O4. The number of methoxy groups -OCH3 is 1. The second-order valence-corrected chi connectivity index (χ2v) is 9.03. The number of carbonyl (C=O) groups excluding carboxylic acids is 1. The number of hydrogen-bond acceptors (Lipinski definition) is 5. The molecule has 1 aromatic carbocycles. The SMILES string of the molecule is CCC(Oc1cn(C2CCCC2)c2cc(NC3CCCCC3)c(F)cc2c1=O)C(=O)OC. The van der Waals surface area contributed by atoms with Gasteiger partial charge in [0.15, 0.2) is 11.9 Å². The standard InChI is InChI=1S/C25H33FN2O4/c1-3-22(25(30)31-2)32-23-15-28(17-11-7-8-12-17)21-14-20(19(26)13-18(21)24(23)29)27-16-9-5-4-6-10-16/h13-17,22,27H,3-12H2,1-2H3. The first kappa shape index (κ1) is 22.6. The van der Waals surface area contributed by atoms with Crippen molar-refractivity contribution >= 4 is 22.6 Å². The summed E-state index contributed by atoms with van der Waals surface area (Å²) in [7, 11) is 1.29. The van der Waals surface area contributed by atoms with Gasteiger partial charge < -0.3 is 19.4 Å². The predicted octanol–water partition coefficient (Wildman–Crippen LogP) is 5.33. The minimum atomic E-state index is -0.876. The number of fused-ring (bicyclic) bond motifs is 1. The molecule has 0 aliphatic heterocycles. The van der Waals surface area contributed by atoms with Gasteiger partial charge >= 0.3 is 5.97 Å². The van der Waals surface area contributed by atoms with Gasteiger partial charge in [0, 0.05) is 12.1 Å². The van der Waals surface area contributed by atoms with Crippen molar-refractivity contribution in [3.05, 3.63) is 34.4 Å². The average molecular weight is 445 g/mol. The zero-order valence-corrected chi connectivity index (χ0v) is 19.0. The van der Waals surface area contributed by atoms with E-state index in [1.807, 2.05) is 0 Å². The Hall–Kier alpha value is -2.57. The number of nitrogens with one attached hydrogen (secondary N) is 1. The Balaban J connectivity index is 1.78. The summed E-state index contributed by atoms with van der Waals surface area (Å²) < 4.78 is 27.7. The van der Waals surface area contributed by atoms with E-state index < -0.39 is 23.3 Å². The number of halogens is 1. The molecule has 2 fully saturated rings. The Morgan fingerprint density at radius 1 is 1.16 bits per heavy atom. The number of rotatable bonds is 7. The predicted molar refractivity (Wildman–Crippen MR) is 123 cm³/mol. The summed E-state index contributed by atoms with van der Waals surface area (Å²) in [4.78, 5) is 25.3. The van der Waals surface area contributed by atoms with Crippen LogP contribution in [0.5, 0.6) is 5.75 Å². The lowest BCUT2D eigenvalue weighted by atomic mass is 9.95. The summed E-state index contributed by atoms with van der Waals surface area (Å²) in [6.07, 6.45) is 11.0. The zero-order valence-electron chi connectivity index (χ0n) is 19.0. The fourth-order valence-electron chi connectivity index (χ4n) is 5.07. The van der Waals surface area contributed by atoms with Crippen LogP contribution in [0.25, 0.3) is 10.9 Å². The maximum Gasteiger partial charge on any atom is 0.347 e. The summed E-state index contributed by atoms with van der Waals surface area (Å²) in [5, 5.41) is 3.65. The zero-order chi connectivity index (χ0) is 22.7. The first-order chi connectivity index (χ1) is 15.5. The number of pyridine rings is 1. The van der Waals surface area contributed by atoms with Gasteiger partial charge in [0.25, 0.3) is 0 Å². The highest BCUT2D eigenvalue weighted by Crippen LogP contribution is 2.35. The van der Waals surface area contributed by atoms with Gasteiger partial charge in [-0.15, -0.1) is 0 Å². The molecule has 1 heterocycles. The number of hydrogen-bond donors (Lipinski definition) is 1. The molecule has 4 rings (SSSR count). The highest BCUT2D eigenvalue weighted by molar-refractivity contribution is 5.84. The molecule has 0 spiro atoms. The van der Waals surface area contributed by atoms with Gasteiger partial charge in [-0.25, -0.2) is 9.18 Å². The molecule has 0 saturated heterocycles. The molecular weight excluding hydrogens is 411 g/mol. The van der Waals surface area contributed by atoms with E-state index in [1.54, 1.807) is 19.2 Å². The van der Waals surface area contributed by atoms with E-state index in [1.165, 1.54) is 19.6 Å². The van der Waals surface area contributed by atoms with Crippen LogP contribution >= 0.6 is 0 Å². The molecule has 7 heteroatoms. The largest absolute Gasteiger partial charge is 0.473 e. The van der Waals surface area contributed by atoms with Crippen LogP contribution in [-0.2, 0) is 9.53 Å². The van der Waals surface area contributed by atoms with Crippen LogP contribution in [0, 0.1) is 5.82 Å². The summed E-state index contributed by atoms with van der Waals surface area (Å²) in [5.41, 5.74) is 0.755. The van der Waals surface area contributed by atoms with Crippen molar-refractivity contribution in [1.29, 1.82) is 0 Å². The Morgan fingerprint density at radius 2 is 1.84 bits per heavy atom. The highest BCUT2D eigenvalue weighted by Gasteiger charge is 2.25. The summed E-state index contributed by atoms with van der Waals surface area (Å²) in [5.74, 6) is -0.901. The van der Waals surface area contributed by atoms with Crippen molar-refractivity contribution in [2.24, 2.45) is 0 Å². The third-order valence-corrected chi connectivity index (χ3v) is 6.88. The number of carbonyl (C=O) groups is 1. The van der Waals surface area contributed by atoms with E-state index in [9.17, 15) is 9.59 Å². The van der Waals surface area contributed by atoms with Gasteiger partial charge in [-0.3, -0.25) is 4.79 Å². The van der Waals surface area contributed by atoms with Crippen molar-refractivity contribution in [3.8, 4) is 5.75 Å². The van der Waals surface area contributed by atoms with Crippen molar-refractivity contribution in [2.45, 2.75) is 89.3 Å².